The van der Waals surface area contributed by atoms with Crippen LogP contribution in [-0.2, 0) is 0 Å². The van der Waals surface area contributed by atoms with Gasteiger partial charge in [0.15, 0.2) is 4.67 Å². The van der Waals surface area contributed by atoms with E-state index in [0.717, 1.165) is 11.3 Å². The summed E-state index contributed by atoms with van der Waals surface area (Å²) in [6.07, 6.45) is 1.59. The number of benzene rings is 1. The summed E-state index contributed by atoms with van der Waals surface area (Å²) >= 11 is 3.20. The molecule has 1 atom stereocenters. The first kappa shape index (κ1) is 15.6. The first-order chi connectivity index (χ1) is 9.97. The van der Waals surface area contributed by atoms with E-state index in [-0.39, 0.29) is 18.1 Å². The average Bonchev–Trinajstić information content (AvgIpc) is 2.84. The van der Waals surface area contributed by atoms with Crippen LogP contribution >= 0.6 is 15.9 Å². The van der Waals surface area contributed by atoms with Crippen LogP contribution in [0.25, 0.3) is 0 Å². The molecule has 1 unspecified atom stereocenters. The molecule has 0 bridgehead atoms. The van der Waals surface area contributed by atoms with Crippen LogP contribution in [0.3, 0.4) is 0 Å². The van der Waals surface area contributed by atoms with Gasteiger partial charge in [-0.2, -0.15) is 0 Å². The Hall–Kier alpha value is -1.75. The van der Waals surface area contributed by atoms with Gasteiger partial charge in [-0.05, 0) is 60.5 Å². The molecular formula is C16H18BrNO3. The Labute approximate surface area is 132 Å². The number of carbonyl (C=O) groups is 1. The molecule has 0 radical (unpaired) electrons. The molecule has 2 rings (SSSR count). The van der Waals surface area contributed by atoms with E-state index in [9.17, 15) is 4.79 Å². The molecule has 1 heterocycles. The van der Waals surface area contributed by atoms with Gasteiger partial charge in [-0.1, -0.05) is 12.1 Å². The van der Waals surface area contributed by atoms with Crippen molar-refractivity contribution >= 4 is 21.8 Å². The first-order valence-electron chi connectivity index (χ1n) is 6.78. The smallest absolute Gasteiger partial charge is 0.256 e. The van der Waals surface area contributed by atoms with Crippen LogP contribution in [0.2, 0.25) is 0 Å². The largest absolute Gasteiger partial charge is 0.491 e. The van der Waals surface area contributed by atoms with Crippen molar-refractivity contribution in [3.63, 3.8) is 0 Å². The average molecular weight is 352 g/mol. The summed E-state index contributed by atoms with van der Waals surface area (Å²) in [7, 11) is 0. The Kier molecular flexibility index (Phi) is 5.07. The number of carbonyl (C=O) groups excluding carboxylic acids is 1. The Morgan fingerprint density at radius 2 is 2.05 bits per heavy atom. The normalized spacial score (nSPS) is 12.2. The zero-order chi connectivity index (χ0) is 15.4. The molecule has 0 fully saturated rings. The van der Waals surface area contributed by atoms with Crippen LogP contribution in [0, 0.1) is 0 Å². The third-order valence-electron chi connectivity index (χ3n) is 2.94. The van der Waals surface area contributed by atoms with E-state index in [1.165, 1.54) is 6.26 Å². The highest BCUT2D eigenvalue weighted by Crippen LogP contribution is 2.22. The van der Waals surface area contributed by atoms with Gasteiger partial charge in [0.1, 0.15) is 5.75 Å². The fraction of sp³-hybridized carbons (Fsp3) is 0.312. The quantitative estimate of drug-likeness (QED) is 0.872. The zero-order valence-electron chi connectivity index (χ0n) is 12.2. The first-order valence-corrected chi connectivity index (χ1v) is 7.57. The molecular weight excluding hydrogens is 334 g/mol. The molecule has 2 aromatic rings. The van der Waals surface area contributed by atoms with Crippen molar-refractivity contribution in [1.82, 2.24) is 5.32 Å². The van der Waals surface area contributed by atoms with Crippen molar-refractivity contribution < 1.29 is 13.9 Å². The molecule has 112 valence electrons. The summed E-state index contributed by atoms with van der Waals surface area (Å²) in [5, 5.41) is 2.94. The van der Waals surface area contributed by atoms with Gasteiger partial charge in [0.05, 0.1) is 24.0 Å². The minimum atomic E-state index is -0.182. The van der Waals surface area contributed by atoms with Crippen LogP contribution in [0.15, 0.2) is 45.7 Å². The lowest BCUT2D eigenvalue weighted by Crippen LogP contribution is -2.26. The van der Waals surface area contributed by atoms with Crippen molar-refractivity contribution in [1.29, 1.82) is 0 Å². The topological polar surface area (TPSA) is 51.5 Å². The third-order valence-corrected chi connectivity index (χ3v) is 3.55. The number of rotatable bonds is 5. The van der Waals surface area contributed by atoms with Gasteiger partial charge in [-0.3, -0.25) is 4.79 Å². The lowest BCUT2D eigenvalue weighted by molar-refractivity contribution is 0.0938. The fourth-order valence-electron chi connectivity index (χ4n) is 1.94. The van der Waals surface area contributed by atoms with Gasteiger partial charge in [0.2, 0.25) is 0 Å². The fourth-order valence-corrected chi connectivity index (χ4v) is 2.36. The number of amides is 1. The number of furan rings is 1. The van der Waals surface area contributed by atoms with Gasteiger partial charge >= 0.3 is 0 Å². The van der Waals surface area contributed by atoms with Gasteiger partial charge in [-0.25, -0.2) is 0 Å². The predicted octanol–water partition coefficient (Wildman–Crippen LogP) is 4.32. The highest BCUT2D eigenvalue weighted by atomic mass is 79.9. The van der Waals surface area contributed by atoms with Crippen LogP contribution in [0.4, 0.5) is 0 Å². The molecule has 5 heteroatoms. The number of ether oxygens (including phenoxy) is 1. The molecule has 1 aromatic carbocycles. The Bertz CT molecular complexity index is 621. The van der Waals surface area contributed by atoms with Crippen LogP contribution < -0.4 is 10.1 Å². The van der Waals surface area contributed by atoms with Crippen molar-refractivity contribution in [3.8, 4) is 5.75 Å². The van der Waals surface area contributed by atoms with Crippen molar-refractivity contribution in [2.45, 2.75) is 32.9 Å². The van der Waals surface area contributed by atoms with Crippen molar-refractivity contribution in [3.05, 3.63) is 52.4 Å². The summed E-state index contributed by atoms with van der Waals surface area (Å²) < 4.78 is 11.2. The van der Waals surface area contributed by atoms with Crippen molar-refractivity contribution in [2.75, 3.05) is 0 Å². The maximum Gasteiger partial charge on any atom is 0.256 e. The molecule has 0 saturated heterocycles. The summed E-state index contributed by atoms with van der Waals surface area (Å²) in [6.45, 7) is 5.89. The van der Waals surface area contributed by atoms with E-state index in [2.05, 4.69) is 21.2 Å². The Balaban J connectivity index is 2.08. The summed E-state index contributed by atoms with van der Waals surface area (Å²) in [6, 6.07) is 9.23. The molecule has 0 saturated carbocycles. The van der Waals surface area contributed by atoms with Crippen LogP contribution in [0.5, 0.6) is 5.75 Å². The van der Waals surface area contributed by atoms with Crippen molar-refractivity contribution in [2.24, 2.45) is 0 Å². The number of hydrogen-bond acceptors (Lipinski definition) is 3. The number of halogens is 1. The SMILES string of the molecule is CC(C)Oc1cccc(C(C)NC(=O)c2ccoc2Br)c1. The van der Waals surface area contributed by atoms with Gasteiger partial charge in [-0.15, -0.1) is 0 Å². The summed E-state index contributed by atoms with van der Waals surface area (Å²) in [4.78, 5) is 12.1. The number of hydrogen-bond donors (Lipinski definition) is 1. The molecule has 1 N–H and O–H groups in total. The Morgan fingerprint density at radius 1 is 1.29 bits per heavy atom. The minimum absolute atomic E-state index is 0.118. The maximum absolute atomic E-state index is 12.1. The summed E-state index contributed by atoms with van der Waals surface area (Å²) in [5.41, 5.74) is 1.47. The predicted molar refractivity (Wildman–Crippen MR) is 84.5 cm³/mol. The van der Waals surface area contributed by atoms with Gasteiger partial charge in [0, 0.05) is 0 Å². The molecule has 0 aliphatic rings. The summed E-state index contributed by atoms with van der Waals surface area (Å²) in [5.74, 6) is 0.617. The van der Waals surface area contributed by atoms with E-state index in [4.69, 9.17) is 9.15 Å². The second-order valence-corrected chi connectivity index (χ2v) is 5.76. The lowest BCUT2D eigenvalue weighted by Gasteiger charge is -2.16. The van der Waals surface area contributed by atoms with Crippen LogP contribution in [-0.4, -0.2) is 12.0 Å². The maximum atomic E-state index is 12.1. The molecule has 1 aromatic heterocycles. The highest BCUT2D eigenvalue weighted by molar-refractivity contribution is 9.10. The second kappa shape index (κ2) is 6.80. The van der Waals surface area contributed by atoms with E-state index in [1.54, 1.807) is 6.07 Å². The Morgan fingerprint density at radius 3 is 2.67 bits per heavy atom. The van der Waals surface area contributed by atoms with E-state index < -0.39 is 0 Å². The molecule has 0 spiro atoms. The number of nitrogens with one attached hydrogen (secondary N) is 1. The molecule has 0 aliphatic carbocycles. The third kappa shape index (κ3) is 4.11. The minimum Gasteiger partial charge on any atom is -0.491 e. The van der Waals surface area contributed by atoms with Gasteiger partial charge in [0.25, 0.3) is 5.91 Å². The lowest BCUT2D eigenvalue weighted by atomic mass is 10.1. The molecule has 21 heavy (non-hydrogen) atoms. The molecule has 1 amide bonds. The molecule has 0 aliphatic heterocycles. The van der Waals surface area contributed by atoms with E-state index in [1.807, 2.05) is 45.0 Å². The van der Waals surface area contributed by atoms with Gasteiger partial charge < -0.3 is 14.5 Å². The molecule has 4 nitrogen and oxygen atoms in total. The van der Waals surface area contributed by atoms with E-state index >= 15 is 0 Å². The zero-order valence-corrected chi connectivity index (χ0v) is 13.8. The second-order valence-electron chi connectivity index (χ2n) is 5.04. The van der Waals surface area contributed by atoms with E-state index in [0.29, 0.717) is 10.2 Å². The standard InChI is InChI=1S/C16H18BrNO3/c1-10(2)21-13-6-4-5-12(9-13)11(3)18-16(19)14-7-8-20-15(14)17/h4-11H,1-3H3,(H,18,19). The highest BCUT2D eigenvalue weighted by Gasteiger charge is 2.16. The monoisotopic (exact) mass is 351 g/mol. The van der Waals surface area contributed by atoms with Crippen LogP contribution in [0.1, 0.15) is 42.7 Å².